The monoisotopic (exact) mass is 404 g/mol. The van der Waals surface area contributed by atoms with Crippen LogP contribution in [0, 0.1) is 23.2 Å². The smallest absolute Gasteiger partial charge is 0.224 e. The molecule has 1 unspecified atom stereocenters. The fourth-order valence-corrected chi connectivity index (χ4v) is 5.43. The molecule has 2 aromatic carbocycles. The van der Waals surface area contributed by atoms with Crippen molar-refractivity contribution in [1.82, 2.24) is 10.2 Å². The molecule has 160 valence electrons. The summed E-state index contributed by atoms with van der Waals surface area (Å²) in [5.74, 6) is 1.54. The number of fused-ring (bicyclic) bond motifs is 1. The predicted molar refractivity (Wildman–Crippen MR) is 123 cm³/mol. The van der Waals surface area contributed by atoms with Crippen molar-refractivity contribution in [3.8, 4) is 0 Å². The van der Waals surface area contributed by atoms with E-state index in [-0.39, 0.29) is 17.2 Å². The van der Waals surface area contributed by atoms with E-state index in [4.69, 9.17) is 0 Å². The van der Waals surface area contributed by atoms with Crippen LogP contribution in [0.3, 0.4) is 0 Å². The van der Waals surface area contributed by atoms with Gasteiger partial charge in [-0.25, -0.2) is 0 Å². The van der Waals surface area contributed by atoms with Crippen molar-refractivity contribution in [3.63, 3.8) is 0 Å². The number of amides is 1. The van der Waals surface area contributed by atoms with Gasteiger partial charge in [0, 0.05) is 31.6 Å². The number of hydrogen-bond donors (Lipinski definition) is 1. The molecule has 2 aromatic rings. The summed E-state index contributed by atoms with van der Waals surface area (Å²) in [4.78, 5) is 16.0. The zero-order valence-corrected chi connectivity index (χ0v) is 18.7. The molecular formula is C27H36N2O. The minimum Gasteiger partial charge on any atom is -0.353 e. The van der Waals surface area contributed by atoms with E-state index in [0.717, 1.165) is 31.8 Å². The number of nitrogens with one attached hydrogen (secondary N) is 1. The molecule has 3 nitrogen and oxygen atoms in total. The number of nitrogens with zero attached hydrogens (tertiary/aromatic N) is 1. The van der Waals surface area contributed by atoms with Crippen molar-refractivity contribution in [2.24, 2.45) is 23.2 Å². The molecule has 3 heteroatoms. The van der Waals surface area contributed by atoms with E-state index in [1.54, 1.807) is 0 Å². The van der Waals surface area contributed by atoms with Crippen LogP contribution in [-0.4, -0.2) is 29.9 Å². The van der Waals surface area contributed by atoms with Gasteiger partial charge in [0.25, 0.3) is 0 Å². The first-order valence-corrected chi connectivity index (χ1v) is 11.5. The topological polar surface area (TPSA) is 32.3 Å². The van der Waals surface area contributed by atoms with E-state index in [1.807, 2.05) is 6.07 Å². The molecule has 1 amide bonds. The maximum atomic E-state index is 13.4. The summed E-state index contributed by atoms with van der Waals surface area (Å²) in [5.41, 5.74) is 2.56. The average Bonchev–Trinajstić information content (AvgIpc) is 3.28. The zero-order valence-electron chi connectivity index (χ0n) is 18.7. The Hall–Kier alpha value is -2.13. The molecule has 1 aliphatic heterocycles. The summed E-state index contributed by atoms with van der Waals surface area (Å²) < 4.78 is 0. The molecule has 4 atom stereocenters. The van der Waals surface area contributed by atoms with E-state index in [2.05, 4.69) is 85.6 Å². The Bertz CT molecular complexity index is 827. The Morgan fingerprint density at radius 3 is 2.23 bits per heavy atom. The fraction of sp³-hybridized carbons (Fsp3) is 0.519. The van der Waals surface area contributed by atoms with Crippen LogP contribution in [0.4, 0.5) is 0 Å². The summed E-state index contributed by atoms with van der Waals surface area (Å²) in [5, 5.41) is 3.50. The SMILES string of the molecule is CC(C)(C)C(Cc1ccccc1)C(=O)N[C@H]1CC[C@@H]2CN(Cc3ccccc3)C[C@@H]21. The van der Waals surface area contributed by atoms with Crippen molar-refractivity contribution in [3.05, 3.63) is 71.8 Å². The minimum atomic E-state index is -0.0625. The van der Waals surface area contributed by atoms with Gasteiger partial charge in [0.15, 0.2) is 0 Å². The van der Waals surface area contributed by atoms with Gasteiger partial charge in [0.2, 0.25) is 5.91 Å². The van der Waals surface area contributed by atoms with Gasteiger partial charge in [-0.15, -0.1) is 0 Å². The predicted octanol–water partition coefficient (Wildman–Crippen LogP) is 4.92. The Kier molecular flexibility index (Phi) is 6.29. The fourth-order valence-electron chi connectivity index (χ4n) is 5.43. The van der Waals surface area contributed by atoms with Crippen LogP contribution in [-0.2, 0) is 17.8 Å². The molecule has 1 heterocycles. The molecule has 0 spiro atoms. The summed E-state index contributed by atoms with van der Waals surface area (Å²) in [7, 11) is 0. The van der Waals surface area contributed by atoms with Crippen LogP contribution in [0.15, 0.2) is 60.7 Å². The zero-order chi connectivity index (χ0) is 21.1. The molecule has 1 saturated carbocycles. The summed E-state index contributed by atoms with van der Waals surface area (Å²) in [6.07, 6.45) is 3.17. The average molecular weight is 405 g/mol. The molecule has 1 N–H and O–H groups in total. The largest absolute Gasteiger partial charge is 0.353 e. The van der Waals surface area contributed by atoms with E-state index in [0.29, 0.717) is 12.0 Å². The lowest BCUT2D eigenvalue weighted by atomic mass is 9.76. The number of carbonyl (C=O) groups excluding carboxylic acids is 1. The van der Waals surface area contributed by atoms with Crippen molar-refractivity contribution in [1.29, 1.82) is 0 Å². The van der Waals surface area contributed by atoms with Crippen molar-refractivity contribution in [2.45, 2.75) is 52.6 Å². The van der Waals surface area contributed by atoms with Crippen LogP contribution >= 0.6 is 0 Å². The van der Waals surface area contributed by atoms with Gasteiger partial charge in [0.1, 0.15) is 0 Å². The van der Waals surface area contributed by atoms with Gasteiger partial charge >= 0.3 is 0 Å². The second kappa shape index (κ2) is 8.93. The van der Waals surface area contributed by atoms with Gasteiger partial charge in [-0.2, -0.15) is 0 Å². The third-order valence-corrected chi connectivity index (χ3v) is 7.15. The van der Waals surface area contributed by atoms with Crippen LogP contribution in [0.1, 0.15) is 44.7 Å². The lowest BCUT2D eigenvalue weighted by Crippen LogP contribution is -2.46. The highest BCUT2D eigenvalue weighted by atomic mass is 16.2. The second-order valence-electron chi connectivity index (χ2n) is 10.4. The minimum absolute atomic E-state index is 0.0132. The second-order valence-corrected chi connectivity index (χ2v) is 10.4. The first kappa shape index (κ1) is 21.1. The Morgan fingerprint density at radius 2 is 1.60 bits per heavy atom. The highest BCUT2D eigenvalue weighted by Crippen LogP contribution is 2.39. The molecule has 2 fully saturated rings. The Morgan fingerprint density at radius 1 is 0.967 bits per heavy atom. The van der Waals surface area contributed by atoms with Gasteiger partial charge in [0.05, 0.1) is 0 Å². The van der Waals surface area contributed by atoms with Crippen LogP contribution in [0.5, 0.6) is 0 Å². The summed E-state index contributed by atoms with van der Waals surface area (Å²) >= 11 is 0. The van der Waals surface area contributed by atoms with Crippen LogP contribution < -0.4 is 5.32 Å². The molecule has 2 aliphatic rings. The molecule has 30 heavy (non-hydrogen) atoms. The standard InChI is InChI=1S/C27H36N2O/c1-27(2,3)24(16-20-10-6-4-7-11-20)26(30)28-25-15-14-22-18-29(19-23(22)25)17-21-12-8-5-9-13-21/h4-13,22-25H,14-19H2,1-3H3,(H,28,30)/t22-,23+,24?,25+/m1/s1. The Balaban J connectivity index is 1.38. The quantitative estimate of drug-likeness (QED) is 0.741. The molecule has 0 bridgehead atoms. The van der Waals surface area contributed by atoms with Crippen LogP contribution in [0.25, 0.3) is 0 Å². The van der Waals surface area contributed by atoms with Gasteiger partial charge in [-0.3, -0.25) is 9.69 Å². The number of rotatable bonds is 6. The maximum Gasteiger partial charge on any atom is 0.224 e. The van der Waals surface area contributed by atoms with Crippen molar-refractivity contribution >= 4 is 5.91 Å². The van der Waals surface area contributed by atoms with Gasteiger partial charge in [-0.05, 0) is 47.6 Å². The first-order valence-electron chi connectivity index (χ1n) is 11.5. The van der Waals surface area contributed by atoms with E-state index in [9.17, 15) is 4.79 Å². The summed E-state index contributed by atoms with van der Waals surface area (Å²) in [6.45, 7) is 9.85. The lowest BCUT2D eigenvalue weighted by molar-refractivity contribution is -0.129. The first-order chi connectivity index (χ1) is 14.4. The third kappa shape index (κ3) is 4.95. The molecule has 0 radical (unpaired) electrons. The third-order valence-electron chi connectivity index (χ3n) is 7.15. The number of benzene rings is 2. The number of hydrogen-bond acceptors (Lipinski definition) is 2. The lowest BCUT2D eigenvalue weighted by Gasteiger charge is -2.32. The normalized spacial score (nSPS) is 25.1. The summed E-state index contributed by atoms with van der Waals surface area (Å²) in [6, 6.07) is 21.5. The highest BCUT2D eigenvalue weighted by Gasteiger charge is 2.44. The van der Waals surface area contributed by atoms with Gasteiger partial charge in [-0.1, -0.05) is 81.4 Å². The maximum absolute atomic E-state index is 13.4. The molecule has 0 aromatic heterocycles. The number of carbonyl (C=O) groups is 1. The molecule has 4 rings (SSSR count). The molecule has 1 aliphatic carbocycles. The highest BCUT2D eigenvalue weighted by molar-refractivity contribution is 5.80. The molecular weight excluding hydrogens is 368 g/mol. The van der Waals surface area contributed by atoms with Crippen LogP contribution in [0.2, 0.25) is 0 Å². The van der Waals surface area contributed by atoms with Crippen molar-refractivity contribution in [2.75, 3.05) is 13.1 Å². The number of likely N-dealkylation sites (tertiary alicyclic amines) is 1. The van der Waals surface area contributed by atoms with E-state index < -0.39 is 0 Å². The van der Waals surface area contributed by atoms with E-state index >= 15 is 0 Å². The van der Waals surface area contributed by atoms with Gasteiger partial charge < -0.3 is 5.32 Å². The van der Waals surface area contributed by atoms with Crippen molar-refractivity contribution < 1.29 is 4.79 Å². The van der Waals surface area contributed by atoms with E-state index in [1.165, 1.54) is 24.1 Å². The molecule has 1 saturated heterocycles. The Labute approximate surface area is 181 Å².